The summed E-state index contributed by atoms with van der Waals surface area (Å²) in [6.45, 7) is 8.99. The van der Waals surface area contributed by atoms with Gasteiger partial charge >= 0.3 is 0 Å². The van der Waals surface area contributed by atoms with E-state index in [1.54, 1.807) is 19.0 Å². The van der Waals surface area contributed by atoms with Gasteiger partial charge in [0.25, 0.3) is 0 Å². The summed E-state index contributed by atoms with van der Waals surface area (Å²) < 4.78 is 0. The fourth-order valence-corrected chi connectivity index (χ4v) is 2.43. The first-order chi connectivity index (χ1) is 9.88. The van der Waals surface area contributed by atoms with Crippen LogP contribution in [0.2, 0.25) is 0 Å². The molecule has 0 aromatic rings. The second kappa shape index (κ2) is 10.9. The number of hydrogen-bond donors (Lipinski definition) is 2. The molecule has 1 fully saturated rings. The number of aliphatic imine (C=N–C) groups is 1. The Balaban J connectivity index is 0.00000441. The molecule has 0 aromatic carbocycles. The highest BCUT2D eigenvalue weighted by atomic mass is 127. The van der Waals surface area contributed by atoms with Gasteiger partial charge in [0.1, 0.15) is 6.54 Å². The maximum absolute atomic E-state index is 11.7. The molecule has 2 unspecified atom stereocenters. The van der Waals surface area contributed by atoms with E-state index in [1.807, 2.05) is 6.92 Å². The predicted molar refractivity (Wildman–Crippen MR) is 104 cm³/mol. The Bertz CT molecular complexity index is 396. The summed E-state index contributed by atoms with van der Waals surface area (Å²) in [4.78, 5) is 17.6. The van der Waals surface area contributed by atoms with Crippen LogP contribution in [0.25, 0.3) is 0 Å². The highest BCUT2D eigenvalue weighted by Gasteiger charge is 2.19. The number of likely N-dealkylation sites (N-methyl/N-ethyl adjacent to an activating group) is 1. The smallest absolute Gasteiger partial charge is 0.243 e. The minimum atomic E-state index is 0. The summed E-state index contributed by atoms with van der Waals surface area (Å²) in [5, 5.41) is 6.71. The van der Waals surface area contributed by atoms with Crippen molar-refractivity contribution in [2.24, 2.45) is 10.9 Å². The van der Waals surface area contributed by atoms with Gasteiger partial charge in [-0.15, -0.1) is 24.0 Å². The Labute approximate surface area is 152 Å². The van der Waals surface area contributed by atoms with E-state index in [1.165, 1.54) is 19.3 Å². The van der Waals surface area contributed by atoms with Gasteiger partial charge in [-0.25, -0.2) is 4.99 Å². The van der Waals surface area contributed by atoms with Gasteiger partial charge in [0.2, 0.25) is 5.91 Å². The maximum Gasteiger partial charge on any atom is 0.243 e. The molecule has 0 aromatic heterocycles. The van der Waals surface area contributed by atoms with E-state index in [2.05, 4.69) is 29.1 Å². The van der Waals surface area contributed by atoms with E-state index >= 15 is 0 Å². The van der Waals surface area contributed by atoms with E-state index in [9.17, 15) is 4.79 Å². The molecule has 22 heavy (non-hydrogen) atoms. The Morgan fingerprint density at radius 1 is 1.36 bits per heavy atom. The topological polar surface area (TPSA) is 56.7 Å². The molecular weight excluding hydrogens is 391 g/mol. The Morgan fingerprint density at radius 3 is 2.59 bits per heavy atom. The van der Waals surface area contributed by atoms with E-state index in [0.717, 1.165) is 17.9 Å². The van der Waals surface area contributed by atoms with Crippen molar-refractivity contribution in [2.45, 2.75) is 45.6 Å². The van der Waals surface area contributed by atoms with E-state index in [0.29, 0.717) is 18.5 Å². The molecule has 1 aliphatic carbocycles. The Hall–Kier alpha value is -0.790. The fourth-order valence-electron chi connectivity index (χ4n) is 2.43. The monoisotopic (exact) mass is 422 g/mol. The lowest BCUT2D eigenvalue weighted by atomic mass is 9.87. The highest BCUT2D eigenvalue weighted by molar-refractivity contribution is 14.0. The number of rotatable bonds is 5. The fraction of sp³-hybridized carbons (Fsp3) is 0.750. The maximum atomic E-state index is 11.7. The van der Waals surface area contributed by atoms with Crippen molar-refractivity contribution in [1.29, 1.82) is 0 Å². The second-order valence-electron chi connectivity index (χ2n) is 6.38. The molecule has 0 spiro atoms. The van der Waals surface area contributed by atoms with Crippen LogP contribution < -0.4 is 10.6 Å². The standard InChI is InChI=1S/C16H30N4O.HI/c1-12(2)10-17-16(18-11-15(21)20(4)5)19-14-8-6-7-13(3)9-14;/h13-14H,1,6-11H2,2-5H3,(H2,17,18,19);1H. The van der Waals surface area contributed by atoms with Gasteiger partial charge in [-0.1, -0.05) is 31.9 Å². The number of nitrogens with one attached hydrogen (secondary N) is 2. The molecule has 2 N–H and O–H groups in total. The van der Waals surface area contributed by atoms with Crippen molar-refractivity contribution in [2.75, 3.05) is 27.2 Å². The average molecular weight is 422 g/mol. The van der Waals surface area contributed by atoms with Gasteiger partial charge in [-0.05, 0) is 25.7 Å². The minimum absolute atomic E-state index is 0. The number of nitrogens with zero attached hydrogens (tertiary/aromatic N) is 2. The molecular formula is C16H31IN4O. The van der Waals surface area contributed by atoms with Crippen LogP contribution in [0.5, 0.6) is 0 Å². The van der Waals surface area contributed by atoms with Crippen molar-refractivity contribution in [3.05, 3.63) is 12.2 Å². The van der Waals surface area contributed by atoms with Crippen LogP contribution in [-0.2, 0) is 4.79 Å². The SMILES string of the molecule is C=C(C)CNC(=NCC(=O)N(C)C)NC1CCCC(C)C1.I. The van der Waals surface area contributed by atoms with E-state index < -0.39 is 0 Å². The summed E-state index contributed by atoms with van der Waals surface area (Å²) in [5.41, 5.74) is 1.04. The molecule has 1 rings (SSSR count). The van der Waals surface area contributed by atoms with Gasteiger partial charge in [-0.3, -0.25) is 4.79 Å². The van der Waals surface area contributed by atoms with Crippen LogP contribution >= 0.6 is 24.0 Å². The Morgan fingerprint density at radius 2 is 2.05 bits per heavy atom. The molecule has 0 saturated heterocycles. The van der Waals surface area contributed by atoms with Gasteiger partial charge in [-0.2, -0.15) is 0 Å². The number of amides is 1. The molecule has 128 valence electrons. The third-order valence-corrected chi connectivity index (χ3v) is 3.71. The quantitative estimate of drug-likeness (QED) is 0.310. The van der Waals surface area contributed by atoms with Gasteiger partial charge in [0.15, 0.2) is 5.96 Å². The van der Waals surface area contributed by atoms with Gasteiger partial charge in [0.05, 0.1) is 0 Å². The van der Waals surface area contributed by atoms with Crippen LogP contribution in [0.3, 0.4) is 0 Å². The number of guanidine groups is 1. The second-order valence-corrected chi connectivity index (χ2v) is 6.38. The Kier molecular flexibility index (Phi) is 10.5. The zero-order valence-corrected chi connectivity index (χ0v) is 16.6. The minimum Gasteiger partial charge on any atom is -0.354 e. The number of carbonyl (C=O) groups excluding carboxylic acids is 1. The number of halogens is 1. The first-order valence-electron chi connectivity index (χ1n) is 7.78. The third-order valence-electron chi connectivity index (χ3n) is 3.71. The van der Waals surface area contributed by atoms with Crippen molar-refractivity contribution in [3.63, 3.8) is 0 Å². The zero-order chi connectivity index (χ0) is 15.8. The summed E-state index contributed by atoms with van der Waals surface area (Å²) in [5.74, 6) is 1.47. The van der Waals surface area contributed by atoms with Gasteiger partial charge < -0.3 is 15.5 Å². The lowest BCUT2D eigenvalue weighted by molar-refractivity contribution is -0.127. The van der Waals surface area contributed by atoms with E-state index in [-0.39, 0.29) is 36.4 Å². The van der Waals surface area contributed by atoms with Crippen LogP contribution in [0.15, 0.2) is 17.1 Å². The van der Waals surface area contributed by atoms with Crippen molar-refractivity contribution < 1.29 is 4.79 Å². The van der Waals surface area contributed by atoms with Crippen molar-refractivity contribution >= 4 is 35.8 Å². The van der Waals surface area contributed by atoms with Crippen LogP contribution in [0, 0.1) is 5.92 Å². The molecule has 6 heteroatoms. The molecule has 0 heterocycles. The molecule has 5 nitrogen and oxygen atoms in total. The van der Waals surface area contributed by atoms with Crippen LogP contribution in [0.4, 0.5) is 0 Å². The lowest BCUT2D eigenvalue weighted by Gasteiger charge is -2.29. The molecule has 2 atom stereocenters. The molecule has 0 aliphatic heterocycles. The van der Waals surface area contributed by atoms with E-state index in [4.69, 9.17) is 0 Å². The summed E-state index contributed by atoms with van der Waals surface area (Å²) in [6.07, 6.45) is 4.89. The van der Waals surface area contributed by atoms with Crippen molar-refractivity contribution in [3.8, 4) is 0 Å². The predicted octanol–water partition coefficient (Wildman–Crippen LogP) is 2.38. The van der Waals surface area contributed by atoms with Crippen molar-refractivity contribution in [1.82, 2.24) is 15.5 Å². The summed E-state index contributed by atoms with van der Waals surface area (Å²) >= 11 is 0. The van der Waals surface area contributed by atoms with Crippen LogP contribution in [-0.4, -0.2) is 50.0 Å². The summed E-state index contributed by atoms with van der Waals surface area (Å²) in [6, 6.07) is 0.444. The molecule has 1 saturated carbocycles. The zero-order valence-electron chi connectivity index (χ0n) is 14.3. The first-order valence-corrected chi connectivity index (χ1v) is 7.78. The molecule has 1 aliphatic rings. The normalized spacial score (nSPS) is 21.5. The first kappa shape index (κ1) is 21.2. The molecule has 1 amide bonds. The highest BCUT2D eigenvalue weighted by Crippen LogP contribution is 2.23. The largest absolute Gasteiger partial charge is 0.354 e. The molecule has 0 bridgehead atoms. The lowest BCUT2D eigenvalue weighted by Crippen LogP contribution is -2.46. The number of carbonyl (C=O) groups is 1. The molecule has 0 radical (unpaired) electrons. The average Bonchev–Trinajstić information content (AvgIpc) is 2.41. The summed E-state index contributed by atoms with van der Waals surface area (Å²) in [7, 11) is 3.49. The van der Waals surface area contributed by atoms with Gasteiger partial charge in [0, 0.05) is 26.7 Å². The third kappa shape index (κ3) is 8.60. The van der Waals surface area contributed by atoms with Crippen LogP contribution in [0.1, 0.15) is 39.5 Å². The number of hydrogen-bond acceptors (Lipinski definition) is 2.